The quantitative estimate of drug-likeness (QED) is 0.296. The van der Waals surface area contributed by atoms with Crippen molar-refractivity contribution in [1.29, 1.82) is 0 Å². The van der Waals surface area contributed by atoms with Crippen LogP contribution in [-0.4, -0.2) is 17.0 Å². The maximum absolute atomic E-state index is 11.8. The number of rotatable bonds is 5. The molecule has 0 spiro atoms. The number of hydrogen-bond acceptors (Lipinski definition) is 2. The van der Waals surface area contributed by atoms with Gasteiger partial charge in [0, 0.05) is 6.54 Å². The molecule has 0 aromatic carbocycles. The number of hydrogen-bond donors (Lipinski definition) is 0. The molecule has 0 atom stereocenters. The highest BCUT2D eigenvalue weighted by molar-refractivity contribution is 5.85. The lowest BCUT2D eigenvalue weighted by atomic mass is 10.3. The van der Waals surface area contributed by atoms with Crippen molar-refractivity contribution < 1.29 is 9.67 Å². The van der Waals surface area contributed by atoms with Crippen molar-refractivity contribution in [2.24, 2.45) is 12.0 Å². The van der Waals surface area contributed by atoms with Gasteiger partial charge in [-0.05, 0) is 13.3 Å². The summed E-state index contributed by atoms with van der Waals surface area (Å²) in [6.07, 6.45) is 5.83. The molecule has 0 aliphatic rings. The van der Waals surface area contributed by atoms with E-state index >= 15 is 0 Å². The molecule has 4 heteroatoms. The highest BCUT2D eigenvalue weighted by atomic mass is 16.3. The molecular formula is C11H19N3O. The Morgan fingerprint density at radius 2 is 2.27 bits per heavy atom. The summed E-state index contributed by atoms with van der Waals surface area (Å²) < 4.78 is 3.74. The number of unbranched alkanes of at least 4 members (excludes halogenated alkanes) is 1. The predicted molar refractivity (Wildman–Crippen MR) is 57.6 cm³/mol. The first-order chi connectivity index (χ1) is 7.20. The zero-order chi connectivity index (χ0) is 11.3. The Kier molecular flexibility index (Phi) is 4.34. The van der Waals surface area contributed by atoms with Gasteiger partial charge in [0.2, 0.25) is 0 Å². The molecule has 0 bridgehead atoms. The van der Waals surface area contributed by atoms with Crippen LogP contribution in [0.25, 0.3) is 0 Å². The Bertz CT molecular complexity index is 342. The van der Waals surface area contributed by atoms with Crippen LogP contribution in [0.5, 0.6) is 0 Å². The van der Waals surface area contributed by atoms with Crippen molar-refractivity contribution in [1.82, 2.24) is 4.57 Å². The summed E-state index contributed by atoms with van der Waals surface area (Å²) in [5, 5.41) is 11.8. The Labute approximate surface area is 90.9 Å². The third kappa shape index (κ3) is 2.81. The standard InChI is InChI=1S/C11H19N3O/c1-4-6-7-12-10(15)11-13(3)8-9-14(11)5-2/h8-9H,4-7H2,1-3H3. The summed E-state index contributed by atoms with van der Waals surface area (Å²) in [4.78, 5) is 4.05. The minimum absolute atomic E-state index is 0.113. The smallest absolute Gasteiger partial charge is 0.291 e. The van der Waals surface area contributed by atoms with Crippen LogP contribution in [0.2, 0.25) is 0 Å². The maximum Gasteiger partial charge on any atom is 0.291 e. The van der Waals surface area contributed by atoms with Crippen molar-refractivity contribution in [2.45, 2.75) is 33.2 Å². The average Bonchev–Trinajstić information content (AvgIpc) is 2.59. The van der Waals surface area contributed by atoms with Crippen LogP contribution in [-0.2, 0) is 13.6 Å². The van der Waals surface area contributed by atoms with E-state index in [-0.39, 0.29) is 5.90 Å². The summed E-state index contributed by atoms with van der Waals surface area (Å²) in [5.41, 5.74) is 0. The normalized spacial score (nSPS) is 12.1. The zero-order valence-electron chi connectivity index (χ0n) is 9.73. The van der Waals surface area contributed by atoms with Gasteiger partial charge in [-0.25, -0.2) is 9.13 Å². The zero-order valence-corrected chi connectivity index (χ0v) is 9.73. The van der Waals surface area contributed by atoms with E-state index in [1.54, 1.807) is 0 Å². The van der Waals surface area contributed by atoms with E-state index in [1.807, 2.05) is 35.5 Å². The van der Waals surface area contributed by atoms with Gasteiger partial charge < -0.3 is 5.11 Å². The molecule has 0 N–H and O–H groups in total. The van der Waals surface area contributed by atoms with Crippen LogP contribution in [0.4, 0.5) is 0 Å². The lowest BCUT2D eigenvalue weighted by molar-refractivity contribution is -0.674. The third-order valence-corrected chi connectivity index (χ3v) is 2.38. The van der Waals surface area contributed by atoms with E-state index < -0.39 is 0 Å². The summed E-state index contributed by atoms with van der Waals surface area (Å²) in [6, 6.07) is 0. The van der Waals surface area contributed by atoms with Gasteiger partial charge >= 0.3 is 0 Å². The summed E-state index contributed by atoms with van der Waals surface area (Å²) >= 11 is 0. The molecule has 1 aromatic heterocycles. The van der Waals surface area contributed by atoms with Gasteiger partial charge in [-0.1, -0.05) is 13.3 Å². The second-order valence-corrected chi connectivity index (χ2v) is 3.56. The number of aliphatic imine (C=N–C) groups is 1. The summed E-state index contributed by atoms with van der Waals surface area (Å²) in [5.74, 6) is 0.548. The molecule has 0 unspecified atom stereocenters. The van der Waals surface area contributed by atoms with Gasteiger partial charge in [0.25, 0.3) is 5.82 Å². The molecule has 1 aromatic rings. The van der Waals surface area contributed by atoms with Crippen LogP contribution >= 0.6 is 0 Å². The van der Waals surface area contributed by atoms with Crippen molar-refractivity contribution in [3.05, 3.63) is 18.2 Å². The molecule has 0 fully saturated rings. The summed E-state index contributed by atoms with van der Waals surface area (Å²) in [7, 11) is 1.87. The molecule has 0 radical (unpaired) electrons. The first-order valence-corrected chi connectivity index (χ1v) is 5.47. The van der Waals surface area contributed by atoms with Crippen LogP contribution < -0.4 is 9.67 Å². The van der Waals surface area contributed by atoms with Crippen molar-refractivity contribution >= 4 is 5.90 Å². The van der Waals surface area contributed by atoms with Gasteiger partial charge in [0.15, 0.2) is 0 Å². The molecule has 84 valence electrons. The molecule has 15 heavy (non-hydrogen) atoms. The Balaban J connectivity index is 2.84. The van der Waals surface area contributed by atoms with Crippen LogP contribution in [0.1, 0.15) is 32.5 Å². The molecule has 0 aliphatic heterocycles. The Hall–Kier alpha value is -1.32. The monoisotopic (exact) mass is 209 g/mol. The lowest BCUT2D eigenvalue weighted by Crippen LogP contribution is -2.40. The number of nitrogens with zero attached hydrogens (tertiary/aromatic N) is 3. The van der Waals surface area contributed by atoms with Crippen LogP contribution in [0, 0.1) is 0 Å². The maximum atomic E-state index is 11.8. The molecule has 4 nitrogen and oxygen atoms in total. The second-order valence-electron chi connectivity index (χ2n) is 3.56. The summed E-state index contributed by atoms with van der Waals surface area (Å²) in [6.45, 7) is 5.53. The number of aryl methyl sites for hydroxylation is 2. The van der Waals surface area contributed by atoms with Gasteiger partial charge in [0.1, 0.15) is 12.4 Å². The molecule has 0 saturated heterocycles. The average molecular weight is 209 g/mol. The third-order valence-electron chi connectivity index (χ3n) is 2.38. The van der Waals surface area contributed by atoms with Gasteiger partial charge in [-0.2, -0.15) is 0 Å². The van der Waals surface area contributed by atoms with E-state index in [0.29, 0.717) is 12.4 Å². The highest BCUT2D eigenvalue weighted by Crippen LogP contribution is 1.95. The first kappa shape index (κ1) is 11.8. The molecule has 1 rings (SSSR count). The minimum Gasteiger partial charge on any atom is -0.853 e. The highest BCUT2D eigenvalue weighted by Gasteiger charge is 2.12. The fourth-order valence-electron chi connectivity index (χ4n) is 1.46. The van der Waals surface area contributed by atoms with E-state index in [9.17, 15) is 5.11 Å². The van der Waals surface area contributed by atoms with E-state index in [4.69, 9.17) is 0 Å². The predicted octanol–water partition coefficient (Wildman–Crippen LogP) is 0.239. The first-order valence-electron chi connectivity index (χ1n) is 5.47. The second kappa shape index (κ2) is 5.53. The van der Waals surface area contributed by atoms with Crippen molar-refractivity contribution in [3.63, 3.8) is 0 Å². The number of aromatic nitrogens is 2. The van der Waals surface area contributed by atoms with Crippen LogP contribution in [0.3, 0.4) is 0 Å². The van der Waals surface area contributed by atoms with E-state index in [2.05, 4.69) is 11.9 Å². The van der Waals surface area contributed by atoms with Gasteiger partial charge in [-0.15, -0.1) is 0 Å². The van der Waals surface area contributed by atoms with E-state index in [1.165, 1.54) is 0 Å². The minimum atomic E-state index is -0.113. The number of imidazole rings is 1. The molecule has 0 saturated carbocycles. The Morgan fingerprint density at radius 3 is 2.87 bits per heavy atom. The fourth-order valence-corrected chi connectivity index (χ4v) is 1.46. The van der Waals surface area contributed by atoms with Crippen molar-refractivity contribution in [2.75, 3.05) is 6.54 Å². The van der Waals surface area contributed by atoms with E-state index in [0.717, 1.165) is 19.4 Å². The van der Waals surface area contributed by atoms with Gasteiger partial charge in [-0.3, -0.25) is 4.99 Å². The Morgan fingerprint density at radius 1 is 1.53 bits per heavy atom. The van der Waals surface area contributed by atoms with Crippen molar-refractivity contribution in [3.8, 4) is 0 Å². The molecule has 0 amide bonds. The lowest BCUT2D eigenvalue weighted by Gasteiger charge is -2.08. The topological polar surface area (TPSA) is 44.2 Å². The largest absolute Gasteiger partial charge is 0.853 e. The van der Waals surface area contributed by atoms with Crippen LogP contribution in [0.15, 0.2) is 17.4 Å². The molecule has 1 heterocycles. The van der Waals surface area contributed by atoms with Gasteiger partial charge in [0.05, 0.1) is 19.5 Å². The molecule has 0 aliphatic carbocycles. The fraction of sp³-hybridized carbons (Fsp3) is 0.636. The molecular weight excluding hydrogens is 190 g/mol. The SMILES string of the molecule is CCCCN=C([O-])c1n(CC)cc[n+]1C.